The number of hydrogen-bond donors (Lipinski definition) is 1. The number of H-pyrrole nitrogens is 1. The fourth-order valence-electron chi connectivity index (χ4n) is 2.04. The Labute approximate surface area is 106 Å². The number of ether oxygens (including phenoxy) is 1. The smallest absolute Gasteiger partial charge is 0.267 e. The molecule has 0 atom stereocenters. The van der Waals surface area contributed by atoms with Gasteiger partial charge in [-0.05, 0) is 37.6 Å². The molecule has 0 aliphatic rings. The predicted octanol–water partition coefficient (Wildman–Crippen LogP) is 2.44. The molecule has 0 unspecified atom stereocenters. The summed E-state index contributed by atoms with van der Waals surface area (Å²) in [5.41, 5.74) is 2.78. The fourth-order valence-corrected chi connectivity index (χ4v) is 2.04. The van der Waals surface area contributed by atoms with E-state index >= 15 is 0 Å². The van der Waals surface area contributed by atoms with Crippen molar-refractivity contribution in [2.24, 2.45) is 0 Å². The highest BCUT2D eigenvalue weighted by Crippen LogP contribution is 2.17. The minimum atomic E-state index is -0.0192. The van der Waals surface area contributed by atoms with E-state index in [1.807, 2.05) is 35.9 Å². The van der Waals surface area contributed by atoms with Crippen LogP contribution in [-0.2, 0) is 6.42 Å². The second kappa shape index (κ2) is 5.12. The van der Waals surface area contributed by atoms with Crippen LogP contribution in [0.4, 0.5) is 0 Å². The molecule has 0 spiro atoms. The van der Waals surface area contributed by atoms with Crippen LogP contribution in [0.25, 0.3) is 5.69 Å². The van der Waals surface area contributed by atoms with E-state index in [0.29, 0.717) is 0 Å². The minimum absolute atomic E-state index is 0.0192. The highest BCUT2D eigenvalue weighted by atomic mass is 16.5. The van der Waals surface area contributed by atoms with Crippen molar-refractivity contribution in [3.05, 3.63) is 45.9 Å². The molecule has 0 amide bonds. The van der Waals surface area contributed by atoms with E-state index in [1.165, 1.54) is 0 Å². The van der Waals surface area contributed by atoms with Crippen molar-refractivity contribution in [2.45, 2.75) is 26.7 Å². The van der Waals surface area contributed by atoms with Gasteiger partial charge < -0.3 is 4.74 Å². The molecule has 1 N–H and O–H groups in total. The van der Waals surface area contributed by atoms with Crippen molar-refractivity contribution in [3.63, 3.8) is 0 Å². The summed E-state index contributed by atoms with van der Waals surface area (Å²) >= 11 is 0. The Hall–Kier alpha value is -1.97. The van der Waals surface area contributed by atoms with Gasteiger partial charge in [0.15, 0.2) is 0 Å². The average Bonchev–Trinajstić information content (AvgIpc) is 2.68. The van der Waals surface area contributed by atoms with Crippen molar-refractivity contribution < 1.29 is 4.74 Å². The summed E-state index contributed by atoms with van der Waals surface area (Å²) in [5, 5.41) is 2.87. The number of rotatable bonds is 4. The van der Waals surface area contributed by atoms with Crippen LogP contribution in [0, 0.1) is 6.92 Å². The van der Waals surface area contributed by atoms with Crippen molar-refractivity contribution in [1.82, 2.24) is 9.78 Å². The predicted molar refractivity (Wildman–Crippen MR) is 71.7 cm³/mol. The number of nitrogens with one attached hydrogen (secondary N) is 1. The molecule has 1 aromatic heterocycles. The number of benzene rings is 1. The Morgan fingerprint density at radius 1 is 1.28 bits per heavy atom. The Kier molecular flexibility index (Phi) is 3.55. The normalized spacial score (nSPS) is 10.6. The molecule has 0 radical (unpaired) electrons. The maximum Gasteiger partial charge on any atom is 0.267 e. The van der Waals surface area contributed by atoms with Crippen LogP contribution in [0.5, 0.6) is 5.75 Å². The first kappa shape index (κ1) is 12.5. The van der Waals surface area contributed by atoms with E-state index in [0.717, 1.165) is 35.5 Å². The lowest BCUT2D eigenvalue weighted by molar-refractivity contribution is 0.414. The maximum absolute atomic E-state index is 11.7. The molecule has 18 heavy (non-hydrogen) atoms. The molecule has 0 bridgehead atoms. The van der Waals surface area contributed by atoms with E-state index in [1.54, 1.807) is 7.11 Å². The van der Waals surface area contributed by atoms with Crippen LogP contribution in [0.2, 0.25) is 0 Å². The molecule has 4 heteroatoms. The molecule has 96 valence electrons. The molecule has 4 nitrogen and oxygen atoms in total. The summed E-state index contributed by atoms with van der Waals surface area (Å²) < 4.78 is 6.99. The maximum atomic E-state index is 11.7. The van der Waals surface area contributed by atoms with Crippen LogP contribution in [0.15, 0.2) is 29.1 Å². The summed E-state index contributed by atoms with van der Waals surface area (Å²) in [5.74, 6) is 0.807. The van der Waals surface area contributed by atoms with Crippen LogP contribution in [0.3, 0.4) is 0 Å². The summed E-state index contributed by atoms with van der Waals surface area (Å²) in [6.07, 6.45) is 1.89. The van der Waals surface area contributed by atoms with Gasteiger partial charge in [-0.2, -0.15) is 0 Å². The topological polar surface area (TPSA) is 47.0 Å². The SMILES string of the molecule is CCCc1c(C)c(=O)[nH]n1-c1ccc(OC)cc1. The molecule has 2 rings (SSSR count). The number of hydrogen-bond acceptors (Lipinski definition) is 2. The lowest BCUT2D eigenvalue weighted by Gasteiger charge is -2.09. The molecule has 1 heterocycles. The monoisotopic (exact) mass is 246 g/mol. The van der Waals surface area contributed by atoms with Gasteiger partial charge in [-0.1, -0.05) is 13.3 Å². The molecule has 0 fully saturated rings. The second-order valence-electron chi connectivity index (χ2n) is 4.30. The fraction of sp³-hybridized carbons (Fsp3) is 0.357. The van der Waals surface area contributed by atoms with Crippen LogP contribution >= 0.6 is 0 Å². The zero-order valence-electron chi connectivity index (χ0n) is 11.0. The standard InChI is InChI=1S/C14H18N2O2/c1-4-5-13-10(2)14(17)15-16(13)11-6-8-12(18-3)9-7-11/h6-9H,4-5H2,1-3H3,(H,15,17). The Balaban J connectivity index is 2.48. The summed E-state index contributed by atoms with van der Waals surface area (Å²) in [4.78, 5) is 11.7. The quantitative estimate of drug-likeness (QED) is 0.900. The van der Waals surface area contributed by atoms with E-state index < -0.39 is 0 Å². The molecule has 2 aromatic rings. The van der Waals surface area contributed by atoms with Crippen molar-refractivity contribution in [3.8, 4) is 11.4 Å². The van der Waals surface area contributed by atoms with Crippen molar-refractivity contribution in [1.29, 1.82) is 0 Å². The first-order chi connectivity index (χ1) is 8.67. The third kappa shape index (κ3) is 2.18. The van der Waals surface area contributed by atoms with E-state index in [4.69, 9.17) is 4.74 Å². The highest BCUT2D eigenvalue weighted by molar-refractivity contribution is 5.39. The van der Waals surface area contributed by atoms with Gasteiger partial charge in [-0.3, -0.25) is 14.6 Å². The number of methoxy groups -OCH3 is 1. The van der Waals surface area contributed by atoms with Gasteiger partial charge in [0.2, 0.25) is 0 Å². The van der Waals surface area contributed by atoms with Gasteiger partial charge in [-0.15, -0.1) is 0 Å². The molecule has 0 saturated heterocycles. The summed E-state index contributed by atoms with van der Waals surface area (Å²) in [6, 6.07) is 7.65. The highest BCUT2D eigenvalue weighted by Gasteiger charge is 2.11. The first-order valence-corrected chi connectivity index (χ1v) is 6.12. The Morgan fingerprint density at radius 2 is 1.94 bits per heavy atom. The lowest BCUT2D eigenvalue weighted by atomic mass is 10.1. The van der Waals surface area contributed by atoms with Gasteiger partial charge in [0.05, 0.1) is 12.8 Å². The number of aromatic amines is 1. The molecule has 1 aromatic carbocycles. The van der Waals surface area contributed by atoms with E-state index in [2.05, 4.69) is 12.0 Å². The Morgan fingerprint density at radius 3 is 2.50 bits per heavy atom. The molecule has 0 saturated carbocycles. The van der Waals surface area contributed by atoms with E-state index in [-0.39, 0.29) is 5.56 Å². The molecular weight excluding hydrogens is 228 g/mol. The van der Waals surface area contributed by atoms with Gasteiger partial charge >= 0.3 is 0 Å². The molecule has 0 aliphatic heterocycles. The zero-order chi connectivity index (χ0) is 13.1. The van der Waals surface area contributed by atoms with Crippen molar-refractivity contribution >= 4 is 0 Å². The third-order valence-electron chi connectivity index (χ3n) is 3.07. The first-order valence-electron chi connectivity index (χ1n) is 6.12. The van der Waals surface area contributed by atoms with Gasteiger partial charge in [-0.25, -0.2) is 0 Å². The molecule has 0 aliphatic carbocycles. The largest absolute Gasteiger partial charge is 0.497 e. The minimum Gasteiger partial charge on any atom is -0.497 e. The molecular formula is C14H18N2O2. The van der Waals surface area contributed by atoms with Gasteiger partial charge in [0, 0.05) is 11.3 Å². The third-order valence-corrected chi connectivity index (χ3v) is 3.07. The van der Waals surface area contributed by atoms with E-state index in [9.17, 15) is 4.79 Å². The number of aromatic nitrogens is 2. The van der Waals surface area contributed by atoms with Gasteiger partial charge in [0.1, 0.15) is 5.75 Å². The Bertz CT molecular complexity index is 579. The van der Waals surface area contributed by atoms with Crippen LogP contribution in [0.1, 0.15) is 24.6 Å². The van der Waals surface area contributed by atoms with Crippen LogP contribution in [-0.4, -0.2) is 16.9 Å². The number of nitrogens with zero attached hydrogens (tertiary/aromatic N) is 1. The van der Waals surface area contributed by atoms with Crippen LogP contribution < -0.4 is 10.3 Å². The lowest BCUT2D eigenvalue weighted by Crippen LogP contribution is -2.05. The zero-order valence-corrected chi connectivity index (χ0v) is 11.0. The second-order valence-corrected chi connectivity index (χ2v) is 4.30. The average molecular weight is 246 g/mol. The summed E-state index contributed by atoms with van der Waals surface area (Å²) in [6.45, 7) is 3.97. The van der Waals surface area contributed by atoms with Gasteiger partial charge in [0.25, 0.3) is 5.56 Å². The van der Waals surface area contributed by atoms with Crippen molar-refractivity contribution in [2.75, 3.05) is 7.11 Å². The summed E-state index contributed by atoms with van der Waals surface area (Å²) in [7, 11) is 1.64.